The molecule has 0 bridgehead atoms. The molecular weight excluding hydrogens is 296 g/mol. The van der Waals surface area contributed by atoms with Gasteiger partial charge in [0.1, 0.15) is 0 Å². The predicted octanol–water partition coefficient (Wildman–Crippen LogP) is 1.22. The summed E-state index contributed by atoms with van der Waals surface area (Å²) in [5.74, 6) is 0. The van der Waals surface area contributed by atoms with Crippen molar-refractivity contribution in [2.75, 3.05) is 13.1 Å². The molecule has 0 atom stereocenters. The molecule has 0 spiro atoms. The Morgan fingerprint density at radius 2 is 1.55 bits per heavy atom. The van der Waals surface area contributed by atoms with Gasteiger partial charge >= 0.3 is 0 Å². The lowest BCUT2D eigenvalue weighted by Crippen LogP contribution is -2.87. The molecule has 0 aromatic heterocycles. The Kier molecular flexibility index (Phi) is 4.04. The molecule has 4 nitrogen and oxygen atoms in total. The van der Waals surface area contributed by atoms with Crippen LogP contribution in [0.2, 0.25) is 5.02 Å². The molecule has 3 rings (SSSR count). The highest BCUT2D eigenvalue weighted by Gasteiger charge is 2.43. The van der Waals surface area contributed by atoms with E-state index in [1.54, 1.807) is 28.6 Å². The van der Waals surface area contributed by atoms with Crippen molar-refractivity contribution in [2.24, 2.45) is 0 Å². The van der Waals surface area contributed by atoms with E-state index < -0.39 is 10.0 Å². The first kappa shape index (κ1) is 14.3. The largest absolute Gasteiger partial charge is 0.346 e. The summed E-state index contributed by atoms with van der Waals surface area (Å²) in [6.45, 7) is 2.04. The Labute approximate surface area is 125 Å². The summed E-state index contributed by atoms with van der Waals surface area (Å²) in [4.78, 5) is 0.364. The first-order valence-electron chi connectivity index (χ1n) is 7.20. The van der Waals surface area contributed by atoms with Crippen LogP contribution in [0.15, 0.2) is 29.2 Å². The molecule has 110 valence electrons. The Hall–Kier alpha value is -0.620. The number of halogens is 1. The summed E-state index contributed by atoms with van der Waals surface area (Å²) in [6, 6.07) is 6.89. The minimum Gasteiger partial charge on any atom is -0.346 e. The molecule has 6 heteroatoms. The van der Waals surface area contributed by atoms with E-state index in [1.165, 1.54) is 0 Å². The van der Waals surface area contributed by atoms with Crippen molar-refractivity contribution in [3.05, 3.63) is 29.3 Å². The third-order valence-corrected chi connectivity index (χ3v) is 6.33. The zero-order valence-corrected chi connectivity index (χ0v) is 12.9. The number of nitrogens with two attached hydrogens (primary N) is 1. The zero-order chi connectivity index (χ0) is 14.2. The van der Waals surface area contributed by atoms with E-state index in [2.05, 4.69) is 5.32 Å². The van der Waals surface area contributed by atoms with Crippen molar-refractivity contribution in [2.45, 2.75) is 42.7 Å². The molecule has 20 heavy (non-hydrogen) atoms. The van der Waals surface area contributed by atoms with Crippen LogP contribution in [-0.2, 0) is 10.0 Å². The van der Waals surface area contributed by atoms with Crippen molar-refractivity contribution >= 4 is 21.6 Å². The predicted molar refractivity (Wildman–Crippen MR) is 78.2 cm³/mol. The molecule has 1 aliphatic carbocycles. The Balaban J connectivity index is 1.91. The molecule has 0 amide bonds. The summed E-state index contributed by atoms with van der Waals surface area (Å²) in [5.41, 5.74) is 0. The van der Waals surface area contributed by atoms with E-state index in [0.29, 0.717) is 9.92 Å². The average Bonchev–Trinajstić information content (AvgIpc) is 3.25. The normalized spacial score (nSPS) is 21.3. The van der Waals surface area contributed by atoms with E-state index >= 15 is 0 Å². The summed E-state index contributed by atoms with van der Waals surface area (Å²) >= 11 is 5.85. The number of hydrogen-bond acceptors (Lipinski definition) is 2. The highest BCUT2D eigenvalue weighted by molar-refractivity contribution is 7.89. The third kappa shape index (κ3) is 2.86. The molecule has 2 N–H and O–H groups in total. The van der Waals surface area contributed by atoms with Gasteiger partial charge in [0.05, 0.1) is 18.0 Å². The lowest BCUT2D eigenvalue weighted by molar-refractivity contribution is -0.663. The Morgan fingerprint density at radius 3 is 2.10 bits per heavy atom. The maximum Gasteiger partial charge on any atom is 0.243 e. The second kappa shape index (κ2) is 5.64. The van der Waals surface area contributed by atoms with Gasteiger partial charge in [0.2, 0.25) is 10.0 Å². The van der Waals surface area contributed by atoms with Crippen LogP contribution < -0.4 is 5.32 Å². The summed E-state index contributed by atoms with van der Waals surface area (Å²) in [5, 5.41) is 2.82. The number of rotatable bonds is 4. The van der Waals surface area contributed by atoms with Crippen LogP contribution in [-0.4, -0.2) is 37.9 Å². The SMILES string of the molecule is O=S(=O)(c1ccc(Cl)cc1)N(C1CC[NH2+]CC1)C1CC1. The zero-order valence-electron chi connectivity index (χ0n) is 11.3. The van der Waals surface area contributed by atoms with Gasteiger partial charge < -0.3 is 5.32 Å². The standard InChI is InChI=1S/C14H19ClN2O2S/c15-11-1-5-14(6-2-11)20(18,19)17(12-3-4-12)13-7-9-16-10-8-13/h1-2,5-6,12-13,16H,3-4,7-10H2/p+1. The Bertz CT molecular complexity index is 563. The van der Waals surface area contributed by atoms with Crippen LogP contribution >= 0.6 is 11.6 Å². The van der Waals surface area contributed by atoms with Gasteiger partial charge in [-0.2, -0.15) is 4.31 Å². The number of benzene rings is 1. The van der Waals surface area contributed by atoms with Gasteiger partial charge in [0.25, 0.3) is 0 Å². The van der Waals surface area contributed by atoms with Gasteiger partial charge in [-0.05, 0) is 37.1 Å². The summed E-state index contributed by atoms with van der Waals surface area (Å²) < 4.78 is 27.6. The molecular formula is C14H20ClN2O2S+. The summed E-state index contributed by atoms with van der Waals surface area (Å²) in [7, 11) is -3.39. The van der Waals surface area contributed by atoms with E-state index in [-0.39, 0.29) is 12.1 Å². The maximum absolute atomic E-state index is 12.9. The lowest BCUT2D eigenvalue weighted by Gasteiger charge is -2.32. The lowest BCUT2D eigenvalue weighted by atomic mass is 10.1. The highest BCUT2D eigenvalue weighted by atomic mass is 35.5. The van der Waals surface area contributed by atoms with Crippen LogP contribution in [0, 0.1) is 0 Å². The molecule has 2 fully saturated rings. The topological polar surface area (TPSA) is 54.0 Å². The second-order valence-corrected chi connectivity index (χ2v) is 7.90. The van der Waals surface area contributed by atoms with E-state index in [4.69, 9.17) is 11.6 Å². The number of nitrogens with zero attached hydrogens (tertiary/aromatic N) is 1. The van der Waals surface area contributed by atoms with Crippen molar-refractivity contribution in [1.29, 1.82) is 0 Å². The first-order chi connectivity index (χ1) is 9.59. The average molecular weight is 316 g/mol. The van der Waals surface area contributed by atoms with Crippen molar-refractivity contribution in [3.8, 4) is 0 Å². The van der Waals surface area contributed by atoms with Crippen LogP contribution in [0.3, 0.4) is 0 Å². The van der Waals surface area contributed by atoms with Crippen LogP contribution in [0.25, 0.3) is 0 Å². The molecule has 1 aromatic carbocycles. The second-order valence-electron chi connectivity index (χ2n) is 5.62. The van der Waals surface area contributed by atoms with E-state index in [0.717, 1.165) is 38.8 Å². The van der Waals surface area contributed by atoms with Crippen molar-refractivity contribution in [1.82, 2.24) is 4.31 Å². The van der Waals surface area contributed by atoms with Gasteiger partial charge in [0, 0.05) is 29.9 Å². The fourth-order valence-electron chi connectivity index (χ4n) is 2.91. The number of quaternary nitrogens is 1. The molecule has 1 heterocycles. The maximum atomic E-state index is 12.9. The van der Waals surface area contributed by atoms with Crippen molar-refractivity contribution < 1.29 is 13.7 Å². The highest BCUT2D eigenvalue weighted by Crippen LogP contribution is 2.35. The Morgan fingerprint density at radius 1 is 1.00 bits per heavy atom. The number of hydrogen-bond donors (Lipinski definition) is 1. The molecule has 2 aliphatic rings. The van der Waals surface area contributed by atoms with Gasteiger partial charge in [-0.1, -0.05) is 11.6 Å². The van der Waals surface area contributed by atoms with Crippen LogP contribution in [0.1, 0.15) is 25.7 Å². The fourth-order valence-corrected chi connectivity index (χ4v) is 4.97. The number of piperidine rings is 1. The van der Waals surface area contributed by atoms with E-state index in [9.17, 15) is 8.42 Å². The monoisotopic (exact) mass is 315 g/mol. The van der Waals surface area contributed by atoms with Crippen LogP contribution in [0.4, 0.5) is 0 Å². The smallest absolute Gasteiger partial charge is 0.243 e. The van der Waals surface area contributed by atoms with E-state index in [1.807, 2.05) is 0 Å². The summed E-state index contributed by atoms with van der Waals surface area (Å²) in [6.07, 6.45) is 3.88. The van der Waals surface area contributed by atoms with Gasteiger partial charge in [-0.25, -0.2) is 8.42 Å². The minimum absolute atomic E-state index is 0.160. The first-order valence-corrected chi connectivity index (χ1v) is 9.01. The third-order valence-electron chi connectivity index (χ3n) is 4.06. The van der Waals surface area contributed by atoms with Gasteiger partial charge in [-0.15, -0.1) is 0 Å². The molecule has 0 radical (unpaired) electrons. The van der Waals surface area contributed by atoms with Gasteiger partial charge in [0.15, 0.2) is 0 Å². The fraction of sp³-hybridized carbons (Fsp3) is 0.571. The van der Waals surface area contributed by atoms with Crippen molar-refractivity contribution in [3.63, 3.8) is 0 Å². The molecule has 1 aliphatic heterocycles. The van der Waals surface area contributed by atoms with Crippen LogP contribution in [0.5, 0.6) is 0 Å². The molecule has 0 unspecified atom stereocenters. The molecule has 1 saturated carbocycles. The quantitative estimate of drug-likeness (QED) is 0.908. The minimum atomic E-state index is -3.39. The van der Waals surface area contributed by atoms with Gasteiger partial charge in [-0.3, -0.25) is 0 Å². The number of sulfonamides is 1. The molecule has 1 saturated heterocycles. The molecule has 1 aromatic rings.